The lowest BCUT2D eigenvalue weighted by Gasteiger charge is -2.35. The number of fused-ring (bicyclic) bond motifs is 1. The van der Waals surface area contributed by atoms with Crippen LogP contribution in [0.25, 0.3) is 0 Å². The van der Waals surface area contributed by atoms with Gasteiger partial charge in [-0.2, -0.15) is 0 Å². The highest BCUT2D eigenvalue weighted by atomic mass is 35.5. The molecule has 0 amide bonds. The second-order valence-electron chi connectivity index (χ2n) is 5.05. The lowest BCUT2D eigenvalue weighted by atomic mass is 9.97. The van der Waals surface area contributed by atoms with Crippen LogP contribution in [0, 0.1) is 0 Å². The third-order valence-corrected chi connectivity index (χ3v) is 4.25. The number of hydrogen-bond donors (Lipinski definition) is 1. The van der Waals surface area contributed by atoms with Crippen LogP contribution in [0.1, 0.15) is 25.7 Å². The number of halogens is 1. The summed E-state index contributed by atoms with van der Waals surface area (Å²) >= 11 is 6.12. The minimum absolute atomic E-state index is 0.564. The zero-order chi connectivity index (χ0) is 11.7. The molecule has 2 atom stereocenters. The second-order valence-corrected chi connectivity index (χ2v) is 5.46. The van der Waals surface area contributed by atoms with Crippen molar-refractivity contribution in [3.05, 3.63) is 23.5 Å². The van der Waals surface area contributed by atoms with E-state index < -0.39 is 0 Å². The lowest BCUT2D eigenvalue weighted by molar-refractivity contribution is 0.188. The van der Waals surface area contributed by atoms with Crippen LogP contribution in [-0.2, 0) is 0 Å². The van der Waals surface area contributed by atoms with Gasteiger partial charge in [0.1, 0.15) is 0 Å². The first-order chi connectivity index (χ1) is 8.33. The fourth-order valence-electron chi connectivity index (χ4n) is 3.07. The van der Waals surface area contributed by atoms with E-state index in [0.29, 0.717) is 6.04 Å². The summed E-state index contributed by atoms with van der Waals surface area (Å²) < 4.78 is 0. The molecule has 0 unspecified atom stereocenters. The Bertz CT molecular complexity index is 396. The average molecular weight is 252 g/mol. The highest BCUT2D eigenvalue weighted by molar-refractivity contribution is 6.33. The Labute approximate surface area is 107 Å². The van der Waals surface area contributed by atoms with E-state index in [4.69, 9.17) is 11.6 Å². The van der Waals surface area contributed by atoms with Gasteiger partial charge in [0.2, 0.25) is 0 Å². The lowest BCUT2D eigenvalue weighted by Crippen LogP contribution is -2.42. The van der Waals surface area contributed by atoms with Crippen LogP contribution in [0.2, 0.25) is 5.02 Å². The van der Waals surface area contributed by atoms with Gasteiger partial charge in [0.05, 0.1) is 10.7 Å². The summed E-state index contributed by atoms with van der Waals surface area (Å²) in [4.78, 5) is 6.64. The van der Waals surface area contributed by atoms with E-state index in [0.717, 1.165) is 16.8 Å². The minimum atomic E-state index is 0.564. The molecule has 0 aromatic carbocycles. The molecule has 1 aromatic heterocycles. The molecule has 0 bridgehead atoms. The predicted molar refractivity (Wildman–Crippen MR) is 70.5 cm³/mol. The number of piperidine rings is 1. The molecule has 2 fully saturated rings. The Morgan fingerprint density at radius 2 is 2.29 bits per heavy atom. The normalized spacial score (nSPS) is 29.0. The molecule has 1 aromatic rings. The molecule has 1 N–H and O–H groups in total. The first-order valence-corrected chi connectivity index (χ1v) is 6.81. The highest BCUT2D eigenvalue weighted by Gasteiger charge is 2.31. The zero-order valence-electron chi connectivity index (χ0n) is 9.90. The first kappa shape index (κ1) is 11.3. The molecule has 3 rings (SSSR count). The standard InChI is InChI=1S/C13H18ClN3/c14-12-9-15-5-3-13(12)16-10-4-7-17-6-1-2-11(17)8-10/h3,5,9-11H,1-2,4,6-8H2,(H,15,16)/t10-,11-/m1/s1. The van der Waals surface area contributed by atoms with Crippen LogP contribution in [-0.4, -0.2) is 35.1 Å². The van der Waals surface area contributed by atoms with E-state index in [2.05, 4.69) is 15.2 Å². The van der Waals surface area contributed by atoms with Crippen LogP contribution in [0.15, 0.2) is 18.5 Å². The van der Waals surface area contributed by atoms with E-state index >= 15 is 0 Å². The van der Waals surface area contributed by atoms with Crippen molar-refractivity contribution in [3.8, 4) is 0 Å². The maximum absolute atomic E-state index is 6.12. The molecule has 2 saturated heterocycles. The van der Waals surface area contributed by atoms with Crippen LogP contribution in [0.3, 0.4) is 0 Å². The van der Waals surface area contributed by atoms with Crippen molar-refractivity contribution in [2.75, 3.05) is 18.4 Å². The molecule has 3 heterocycles. The van der Waals surface area contributed by atoms with Crippen LogP contribution < -0.4 is 5.32 Å². The van der Waals surface area contributed by atoms with Crippen LogP contribution in [0.4, 0.5) is 5.69 Å². The van der Waals surface area contributed by atoms with Gasteiger partial charge in [0, 0.05) is 31.0 Å². The molecule has 0 aliphatic carbocycles. The predicted octanol–water partition coefficient (Wildman–Crippen LogP) is 2.77. The summed E-state index contributed by atoms with van der Waals surface area (Å²) in [5.74, 6) is 0. The van der Waals surface area contributed by atoms with E-state index in [1.807, 2.05) is 6.07 Å². The molecule has 17 heavy (non-hydrogen) atoms. The third kappa shape index (κ3) is 2.40. The number of hydrogen-bond acceptors (Lipinski definition) is 3. The summed E-state index contributed by atoms with van der Waals surface area (Å²) in [6.45, 7) is 2.53. The van der Waals surface area contributed by atoms with Gasteiger partial charge in [0.15, 0.2) is 0 Å². The summed E-state index contributed by atoms with van der Waals surface area (Å²) in [7, 11) is 0. The Hall–Kier alpha value is -0.800. The molecule has 4 heteroatoms. The molecular weight excluding hydrogens is 234 g/mol. The number of anilines is 1. The molecule has 0 spiro atoms. The molecule has 92 valence electrons. The van der Waals surface area contributed by atoms with Crippen molar-refractivity contribution in [1.29, 1.82) is 0 Å². The average Bonchev–Trinajstić information content (AvgIpc) is 2.79. The number of rotatable bonds is 2. The van der Waals surface area contributed by atoms with Gasteiger partial charge in [-0.05, 0) is 38.3 Å². The fraction of sp³-hybridized carbons (Fsp3) is 0.615. The smallest absolute Gasteiger partial charge is 0.0820 e. The Morgan fingerprint density at radius 3 is 3.18 bits per heavy atom. The van der Waals surface area contributed by atoms with Gasteiger partial charge in [-0.3, -0.25) is 4.98 Å². The van der Waals surface area contributed by atoms with E-state index in [1.165, 1.54) is 38.8 Å². The second kappa shape index (κ2) is 4.83. The molecular formula is C13H18ClN3. The summed E-state index contributed by atoms with van der Waals surface area (Å²) in [5.41, 5.74) is 1.03. The van der Waals surface area contributed by atoms with Gasteiger partial charge >= 0.3 is 0 Å². The Morgan fingerprint density at radius 1 is 1.35 bits per heavy atom. The largest absolute Gasteiger partial charge is 0.381 e. The SMILES string of the molecule is Clc1cnccc1N[C@@H]1CCN2CCC[C@@H]2C1. The fourth-order valence-corrected chi connectivity index (χ4v) is 3.24. The van der Waals surface area contributed by atoms with Crippen molar-refractivity contribution in [1.82, 2.24) is 9.88 Å². The molecule has 2 aliphatic heterocycles. The van der Waals surface area contributed by atoms with Crippen molar-refractivity contribution >= 4 is 17.3 Å². The maximum Gasteiger partial charge on any atom is 0.0820 e. The van der Waals surface area contributed by atoms with Crippen molar-refractivity contribution in [2.24, 2.45) is 0 Å². The number of pyridine rings is 1. The zero-order valence-corrected chi connectivity index (χ0v) is 10.7. The summed E-state index contributed by atoms with van der Waals surface area (Å²) in [6.07, 6.45) is 8.69. The monoisotopic (exact) mass is 251 g/mol. The highest BCUT2D eigenvalue weighted by Crippen LogP contribution is 2.29. The van der Waals surface area contributed by atoms with E-state index in [9.17, 15) is 0 Å². The van der Waals surface area contributed by atoms with Gasteiger partial charge in [-0.15, -0.1) is 0 Å². The molecule has 2 aliphatic rings. The topological polar surface area (TPSA) is 28.2 Å². The van der Waals surface area contributed by atoms with Crippen LogP contribution >= 0.6 is 11.6 Å². The summed E-state index contributed by atoms with van der Waals surface area (Å²) in [6, 6.07) is 3.32. The van der Waals surface area contributed by atoms with E-state index in [-0.39, 0.29) is 0 Å². The first-order valence-electron chi connectivity index (χ1n) is 6.43. The van der Waals surface area contributed by atoms with Crippen molar-refractivity contribution < 1.29 is 0 Å². The maximum atomic E-state index is 6.12. The Balaban J connectivity index is 1.64. The van der Waals surface area contributed by atoms with Gasteiger partial charge in [0.25, 0.3) is 0 Å². The number of aromatic nitrogens is 1. The summed E-state index contributed by atoms with van der Waals surface area (Å²) in [5, 5.41) is 4.29. The van der Waals surface area contributed by atoms with E-state index in [1.54, 1.807) is 12.4 Å². The van der Waals surface area contributed by atoms with Gasteiger partial charge in [-0.25, -0.2) is 0 Å². The van der Waals surface area contributed by atoms with Crippen molar-refractivity contribution in [2.45, 2.75) is 37.8 Å². The number of nitrogens with one attached hydrogen (secondary N) is 1. The third-order valence-electron chi connectivity index (χ3n) is 3.95. The van der Waals surface area contributed by atoms with Crippen molar-refractivity contribution in [3.63, 3.8) is 0 Å². The Kier molecular flexibility index (Phi) is 3.21. The molecule has 0 radical (unpaired) electrons. The number of nitrogens with zero attached hydrogens (tertiary/aromatic N) is 2. The quantitative estimate of drug-likeness (QED) is 0.876. The van der Waals surface area contributed by atoms with Crippen LogP contribution in [0.5, 0.6) is 0 Å². The minimum Gasteiger partial charge on any atom is -0.381 e. The molecule has 3 nitrogen and oxygen atoms in total. The van der Waals surface area contributed by atoms with Gasteiger partial charge in [-0.1, -0.05) is 11.6 Å². The molecule has 0 saturated carbocycles. The van der Waals surface area contributed by atoms with Gasteiger partial charge < -0.3 is 10.2 Å².